The molecule has 2 aromatic rings. The minimum Gasteiger partial charge on any atom is -0.342 e. The summed E-state index contributed by atoms with van der Waals surface area (Å²) in [5.41, 5.74) is 9.19. The maximum atomic E-state index is 14.3. The maximum absolute atomic E-state index is 14.3. The molecule has 0 bridgehead atoms. The molecule has 1 saturated carbocycles. The van der Waals surface area contributed by atoms with E-state index in [9.17, 15) is 23.2 Å². The Kier molecular flexibility index (Phi) is 5.67. The van der Waals surface area contributed by atoms with Gasteiger partial charge in [-0.05, 0) is 43.5 Å². The molecule has 0 spiro atoms. The lowest BCUT2D eigenvalue weighted by Gasteiger charge is -2.22. The van der Waals surface area contributed by atoms with Crippen LogP contribution in [0.1, 0.15) is 44.9 Å². The van der Waals surface area contributed by atoms with E-state index in [1.165, 1.54) is 16.7 Å². The molecule has 2 fully saturated rings. The van der Waals surface area contributed by atoms with Crippen LogP contribution in [0.3, 0.4) is 0 Å². The van der Waals surface area contributed by atoms with Crippen molar-refractivity contribution in [3.63, 3.8) is 0 Å². The predicted octanol–water partition coefficient (Wildman–Crippen LogP) is 1.55. The Balaban J connectivity index is 1.42. The first-order chi connectivity index (χ1) is 16.2. The van der Waals surface area contributed by atoms with Gasteiger partial charge >= 0.3 is 0 Å². The molecular formula is C22H23ClF2N6O3. The number of nitrogens with one attached hydrogen (secondary N) is 5. The Morgan fingerprint density at radius 3 is 2.68 bits per heavy atom. The summed E-state index contributed by atoms with van der Waals surface area (Å²) < 4.78 is 29.2. The van der Waals surface area contributed by atoms with Crippen LogP contribution in [0.4, 0.5) is 14.5 Å². The minimum atomic E-state index is -1.29. The number of fused-ring (bicyclic) bond motifs is 1. The highest BCUT2D eigenvalue weighted by Crippen LogP contribution is 2.39. The highest BCUT2D eigenvalue weighted by atomic mass is 35.5. The number of benzene rings is 1. The number of hydrogen-bond acceptors (Lipinski definition) is 6. The molecule has 1 aromatic carbocycles. The van der Waals surface area contributed by atoms with Crippen LogP contribution in [0.25, 0.3) is 0 Å². The van der Waals surface area contributed by atoms with Crippen molar-refractivity contribution in [2.45, 2.75) is 50.5 Å². The van der Waals surface area contributed by atoms with Crippen LogP contribution < -0.4 is 27.0 Å². The summed E-state index contributed by atoms with van der Waals surface area (Å²) in [5.74, 6) is -2.83. The molecule has 5 rings (SSSR count). The van der Waals surface area contributed by atoms with Crippen molar-refractivity contribution in [2.75, 3.05) is 11.9 Å². The topological polar surface area (TPSA) is 116 Å². The van der Waals surface area contributed by atoms with E-state index in [-0.39, 0.29) is 41.0 Å². The van der Waals surface area contributed by atoms with Crippen molar-refractivity contribution in [3.05, 3.63) is 51.6 Å². The van der Waals surface area contributed by atoms with Gasteiger partial charge in [0.1, 0.15) is 17.7 Å². The average Bonchev–Trinajstić information content (AvgIpc) is 3.11. The first-order valence-electron chi connectivity index (χ1n) is 10.9. The molecule has 180 valence electrons. The van der Waals surface area contributed by atoms with Crippen LogP contribution in [-0.2, 0) is 17.8 Å². The molecule has 1 unspecified atom stereocenters. The van der Waals surface area contributed by atoms with Crippen molar-refractivity contribution in [3.8, 4) is 0 Å². The number of hydrazine groups is 2. The van der Waals surface area contributed by atoms with E-state index in [1.54, 1.807) is 6.92 Å². The van der Waals surface area contributed by atoms with Crippen molar-refractivity contribution >= 4 is 34.9 Å². The Labute approximate surface area is 198 Å². The largest absolute Gasteiger partial charge is 0.342 e. The lowest BCUT2D eigenvalue weighted by molar-refractivity contribution is -0.118. The normalized spacial score (nSPS) is 22.4. The number of amides is 2. The lowest BCUT2D eigenvalue weighted by atomic mass is 10.0. The molecule has 1 saturated heterocycles. The fourth-order valence-electron chi connectivity index (χ4n) is 4.82. The molecule has 34 heavy (non-hydrogen) atoms. The zero-order valence-corrected chi connectivity index (χ0v) is 19.0. The number of carbonyl (C=O) groups is 3. The van der Waals surface area contributed by atoms with Crippen molar-refractivity contribution in [1.82, 2.24) is 26.3 Å². The molecule has 3 heterocycles. The summed E-state index contributed by atoms with van der Waals surface area (Å²) in [4.78, 5) is 39.3. The van der Waals surface area contributed by atoms with Gasteiger partial charge in [0.05, 0.1) is 28.7 Å². The van der Waals surface area contributed by atoms with Crippen LogP contribution in [0.5, 0.6) is 0 Å². The number of carbonyl (C=O) groups excluding carboxylic acids is 3. The summed E-state index contributed by atoms with van der Waals surface area (Å²) in [6, 6.07) is 3.63. The standard InChI is InChI=1S/C22H23ClF2N6O3/c1-10-17(19(32)21(34)28-22(4-5-22)16-8-26-30-29-16)15-6-11(24)9-31(15)18(10)20(33)27-12-2-3-14(25)13(23)7-12/h2-3,7,11,16,26,29-30H,4-6,8-9H2,1H3,(H,27,33)(H,28,34)/t11-,16?/m1/s1. The van der Waals surface area contributed by atoms with Gasteiger partial charge in [-0.1, -0.05) is 11.6 Å². The van der Waals surface area contributed by atoms with E-state index >= 15 is 0 Å². The minimum absolute atomic E-state index is 0.0476. The van der Waals surface area contributed by atoms with Crippen LogP contribution in [0.15, 0.2) is 18.2 Å². The van der Waals surface area contributed by atoms with Gasteiger partial charge in [-0.25, -0.2) is 19.6 Å². The number of hydrogen-bond donors (Lipinski definition) is 5. The first kappa shape index (κ1) is 22.9. The number of aromatic nitrogens is 1. The molecule has 12 heteroatoms. The molecule has 1 aliphatic carbocycles. The van der Waals surface area contributed by atoms with Gasteiger partial charge in [0.15, 0.2) is 0 Å². The van der Waals surface area contributed by atoms with Gasteiger partial charge in [0, 0.05) is 24.3 Å². The number of rotatable bonds is 6. The summed E-state index contributed by atoms with van der Waals surface area (Å²) in [6.07, 6.45) is 0.0842. The Bertz CT molecular complexity index is 1210. The van der Waals surface area contributed by atoms with Gasteiger partial charge < -0.3 is 15.2 Å². The van der Waals surface area contributed by atoms with Crippen LogP contribution in [0.2, 0.25) is 5.02 Å². The van der Waals surface area contributed by atoms with Gasteiger partial charge in [-0.2, -0.15) is 5.53 Å². The third-order valence-electron chi connectivity index (χ3n) is 6.70. The SMILES string of the molecule is Cc1c(C(=O)C(=O)NC2(C3CNNN3)CC2)c2n(c1C(=O)Nc1ccc(F)c(Cl)c1)C[C@H](F)C2. The van der Waals surface area contributed by atoms with E-state index in [0.717, 1.165) is 18.9 Å². The monoisotopic (exact) mass is 492 g/mol. The summed E-state index contributed by atoms with van der Waals surface area (Å²) in [6.45, 7) is 2.03. The molecule has 9 nitrogen and oxygen atoms in total. The van der Waals surface area contributed by atoms with Crippen LogP contribution in [-0.4, -0.2) is 46.5 Å². The Morgan fingerprint density at radius 1 is 1.26 bits per heavy atom. The van der Waals surface area contributed by atoms with Crippen LogP contribution >= 0.6 is 11.6 Å². The Morgan fingerprint density at radius 2 is 2.03 bits per heavy atom. The van der Waals surface area contributed by atoms with E-state index in [4.69, 9.17) is 11.6 Å². The number of alkyl halides is 1. The highest BCUT2D eigenvalue weighted by molar-refractivity contribution is 6.44. The quantitative estimate of drug-likeness (QED) is 0.309. The molecule has 2 atom stereocenters. The molecule has 2 amide bonds. The van der Waals surface area contributed by atoms with Gasteiger partial charge in [0.2, 0.25) is 0 Å². The molecule has 2 aliphatic heterocycles. The zero-order valence-electron chi connectivity index (χ0n) is 18.2. The van der Waals surface area contributed by atoms with Crippen LogP contribution in [0, 0.1) is 12.7 Å². The van der Waals surface area contributed by atoms with E-state index in [2.05, 4.69) is 27.0 Å². The number of anilines is 1. The fourth-order valence-corrected chi connectivity index (χ4v) is 5.00. The molecule has 0 radical (unpaired) electrons. The highest BCUT2D eigenvalue weighted by Gasteiger charge is 2.52. The van der Waals surface area contributed by atoms with E-state index in [1.807, 2.05) is 0 Å². The Hall–Kier alpha value is -2.86. The predicted molar refractivity (Wildman–Crippen MR) is 120 cm³/mol. The third-order valence-corrected chi connectivity index (χ3v) is 6.98. The summed E-state index contributed by atoms with van der Waals surface area (Å²) in [5, 5.41) is 5.29. The van der Waals surface area contributed by atoms with Gasteiger partial charge in [-0.3, -0.25) is 14.4 Å². The second-order valence-electron chi connectivity index (χ2n) is 8.93. The lowest BCUT2D eigenvalue weighted by Crippen LogP contribution is -2.53. The van der Waals surface area contributed by atoms with Gasteiger partial charge in [0.25, 0.3) is 17.6 Å². The average molecular weight is 493 g/mol. The summed E-state index contributed by atoms with van der Waals surface area (Å²) in [7, 11) is 0. The fraction of sp³-hybridized carbons (Fsp3) is 0.409. The maximum Gasteiger partial charge on any atom is 0.292 e. The second kappa shape index (κ2) is 8.42. The number of nitrogens with zero attached hydrogens (tertiary/aromatic N) is 1. The number of ketones is 1. The van der Waals surface area contributed by atoms with Crippen molar-refractivity contribution in [1.29, 1.82) is 0 Å². The molecule has 3 aliphatic rings. The molecule has 5 N–H and O–H groups in total. The second-order valence-corrected chi connectivity index (χ2v) is 9.34. The molecule has 1 aromatic heterocycles. The van der Waals surface area contributed by atoms with E-state index in [0.29, 0.717) is 17.8 Å². The number of Topliss-reactive ketones (excluding diaryl/α,β-unsaturated/α-hetero) is 1. The zero-order chi connectivity index (χ0) is 24.2. The number of halogens is 3. The smallest absolute Gasteiger partial charge is 0.292 e. The van der Waals surface area contributed by atoms with Gasteiger partial charge in [-0.15, -0.1) is 0 Å². The molecular weight excluding hydrogens is 470 g/mol. The third kappa shape index (κ3) is 3.88. The first-order valence-corrected chi connectivity index (χ1v) is 11.3. The van der Waals surface area contributed by atoms with Crippen molar-refractivity contribution in [2.24, 2.45) is 0 Å². The van der Waals surface area contributed by atoms with Crippen molar-refractivity contribution < 1.29 is 23.2 Å². The van der Waals surface area contributed by atoms with E-state index < -0.39 is 35.1 Å². The summed E-state index contributed by atoms with van der Waals surface area (Å²) >= 11 is 5.79.